The predicted octanol–water partition coefficient (Wildman–Crippen LogP) is 2.25. The highest BCUT2D eigenvalue weighted by Crippen LogP contribution is 2.40. The molecule has 1 heterocycles. The summed E-state index contributed by atoms with van der Waals surface area (Å²) in [6, 6.07) is 9.58. The Labute approximate surface area is 123 Å². The number of hydrogen-bond donors (Lipinski definition) is 1. The zero-order chi connectivity index (χ0) is 15.6. The first-order valence-electron chi connectivity index (χ1n) is 6.43. The summed E-state index contributed by atoms with van der Waals surface area (Å²) in [6.07, 6.45) is 0. The summed E-state index contributed by atoms with van der Waals surface area (Å²) in [5.41, 5.74) is 8.12. The van der Waals surface area contributed by atoms with Crippen molar-refractivity contribution in [2.45, 2.75) is 19.8 Å². The van der Waals surface area contributed by atoms with Gasteiger partial charge in [-0.25, -0.2) is 4.79 Å². The second-order valence-corrected chi connectivity index (χ2v) is 4.74. The molecule has 0 saturated carbocycles. The van der Waals surface area contributed by atoms with Gasteiger partial charge in [-0.2, -0.15) is 5.26 Å². The first kappa shape index (κ1) is 14.7. The van der Waals surface area contributed by atoms with Crippen molar-refractivity contribution in [2.24, 2.45) is 5.73 Å². The van der Waals surface area contributed by atoms with Crippen molar-refractivity contribution < 1.29 is 14.3 Å². The lowest BCUT2D eigenvalue weighted by Gasteiger charge is -2.27. The van der Waals surface area contributed by atoms with Gasteiger partial charge in [-0.1, -0.05) is 24.3 Å². The molecule has 0 saturated heterocycles. The topological polar surface area (TPSA) is 85.3 Å². The molecule has 0 unspecified atom stereocenters. The molecule has 108 valence electrons. The van der Waals surface area contributed by atoms with Crippen molar-refractivity contribution in [2.75, 3.05) is 7.11 Å². The summed E-state index contributed by atoms with van der Waals surface area (Å²) in [5.74, 6) is -0.721. The van der Waals surface area contributed by atoms with E-state index in [4.69, 9.17) is 15.2 Å². The van der Waals surface area contributed by atoms with E-state index in [1.165, 1.54) is 7.11 Å². The number of esters is 1. The molecule has 0 amide bonds. The number of ether oxygens (including phenoxy) is 2. The van der Waals surface area contributed by atoms with Crippen LogP contribution in [0.15, 0.2) is 47.1 Å². The maximum absolute atomic E-state index is 12.1. The minimum absolute atomic E-state index is 0.0240. The lowest BCUT2D eigenvalue weighted by Crippen LogP contribution is -2.25. The molecule has 1 aliphatic heterocycles. The zero-order valence-electron chi connectivity index (χ0n) is 12.1. The summed E-state index contributed by atoms with van der Waals surface area (Å²) in [6.45, 7) is 3.55. The van der Waals surface area contributed by atoms with E-state index in [1.807, 2.05) is 37.3 Å². The normalized spacial score (nSPS) is 18.1. The second-order valence-electron chi connectivity index (χ2n) is 4.74. The molecule has 1 aromatic rings. The number of carbonyl (C=O) groups is 1. The minimum Gasteiger partial charge on any atom is -0.466 e. The number of benzene rings is 1. The highest BCUT2D eigenvalue weighted by Gasteiger charge is 2.36. The van der Waals surface area contributed by atoms with Gasteiger partial charge >= 0.3 is 5.97 Å². The third-order valence-electron chi connectivity index (χ3n) is 3.51. The third-order valence-corrected chi connectivity index (χ3v) is 3.51. The van der Waals surface area contributed by atoms with E-state index < -0.39 is 11.9 Å². The van der Waals surface area contributed by atoms with E-state index in [9.17, 15) is 10.1 Å². The molecule has 0 aromatic heterocycles. The van der Waals surface area contributed by atoms with Crippen LogP contribution in [0.3, 0.4) is 0 Å². The SMILES string of the molecule is COC(=O)C1=C(C)OC(N)=C(C#N)[C@H]1c1ccccc1C. The van der Waals surface area contributed by atoms with Crippen LogP contribution >= 0.6 is 0 Å². The van der Waals surface area contributed by atoms with Crippen LogP contribution in [0.4, 0.5) is 0 Å². The van der Waals surface area contributed by atoms with Gasteiger partial charge < -0.3 is 15.2 Å². The third kappa shape index (κ3) is 2.48. The summed E-state index contributed by atoms with van der Waals surface area (Å²) in [4.78, 5) is 12.1. The largest absolute Gasteiger partial charge is 0.466 e. The molecule has 1 atom stereocenters. The summed E-state index contributed by atoms with van der Waals surface area (Å²) < 4.78 is 10.2. The van der Waals surface area contributed by atoms with Crippen LogP contribution in [0.2, 0.25) is 0 Å². The molecule has 5 heteroatoms. The number of allylic oxidation sites excluding steroid dienone is 2. The lowest BCUT2D eigenvalue weighted by atomic mass is 9.81. The number of hydrogen-bond acceptors (Lipinski definition) is 5. The van der Waals surface area contributed by atoms with Crippen molar-refractivity contribution in [3.63, 3.8) is 0 Å². The van der Waals surface area contributed by atoms with Crippen molar-refractivity contribution in [1.82, 2.24) is 0 Å². The van der Waals surface area contributed by atoms with Gasteiger partial charge in [-0.05, 0) is 25.0 Å². The van der Waals surface area contributed by atoms with Crippen molar-refractivity contribution >= 4 is 5.97 Å². The average molecular weight is 284 g/mol. The van der Waals surface area contributed by atoms with Gasteiger partial charge in [-0.15, -0.1) is 0 Å². The summed E-state index contributed by atoms with van der Waals surface area (Å²) >= 11 is 0. The molecule has 1 aliphatic rings. The Morgan fingerprint density at radius 1 is 1.38 bits per heavy atom. The van der Waals surface area contributed by atoms with Crippen LogP contribution < -0.4 is 5.73 Å². The van der Waals surface area contributed by atoms with Crippen LogP contribution in [0.25, 0.3) is 0 Å². The number of nitrogens with zero attached hydrogens (tertiary/aromatic N) is 1. The van der Waals surface area contributed by atoms with E-state index in [-0.39, 0.29) is 11.5 Å². The van der Waals surface area contributed by atoms with E-state index in [0.29, 0.717) is 11.3 Å². The molecule has 5 nitrogen and oxygen atoms in total. The molecule has 2 N–H and O–H groups in total. The van der Waals surface area contributed by atoms with Crippen molar-refractivity contribution in [1.29, 1.82) is 5.26 Å². The Hall–Kier alpha value is -2.74. The first-order valence-corrected chi connectivity index (χ1v) is 6.43. The van der Waals surface area contributed by atoms with Crippen LogP contribution in [0, 0.1) is 18.3 Å². The Balaban J connectivity index is 2.70. The molecule has 0 spiro atoms. The van der Waals surface area contributed by atoms with Crippen LogP contribution in [-0.4, -0.2) is 13.1 Å². The monoisotopic (exact) mass is 284 g/mol. The van der Waals surface area contributed by atoms with Crippen LogP contribution in [0.1, 0.15) is 24.0 Å². The molecule has 0 radical (unpaired) electrons. The molecule has 2 rings (SSSR count). The predicted molar refractivity (Wildman–Crippen MR) is 76.5 cm³/mol. The molecule has 1 aromatic carbocycles. The fourth-order valence-electron chi connectivity index (χ4n) is 2.48. The van der Waals surface area contributed by atoms with Gasteiger partial charge in [0.15, 0.2) is 0 Å². The lowest BCUT2D eigenvalue weighted by molar-refractivity contribution is -0.136. The second kappa shape index (κ2) is 5.71. The number of carbonyl (C=O) groups excluding carboxylic acids is 1. The Morgan fingerprint density at radius 3 is 2.62 bits per heavy atom. The molecule has 0 bridgehead atoms. The minimum atomic E-state index is -0.572. The zero-order valence-corrected chi connectivity index (χ0v) is 12.1. The Bertz CT molecular complexity index is 696. The Morgan fingerprint density at radius 2 is 2.05 bits per heavy atom. The first-order chi connectivity index (χ1) is 10.0. The molecule has 0 fully saturated rings. The number of aryl methyl sites for hydroxylation is 1. The number of rotatable bonds is 2. The maximum atomic E-state index is 12.1. The standard InChI is InChI=1S/C16H16N2O3/c1-9-6-4-5-7-11(9)14-12(8-17)15(18)21-10(2)13(14)16(19)20-3/h4-7,14H,18H2,1-3H3/t14-/m1/s1. The summed E-state index contributed by atoms with van der Waals surface area (Å²) in [5, 5.41) is 9.40. The van der Waals surface area contributed by atoms with Gasteiger partial charge in [0.2, 0.25) is 5.88 Å². The van der Waals surface area contributed by atoms with Crippen molar-refractivity contribution in [3.05, 3.63) is 58.2 Å². The van der Waals surface area contributed by atoms with Gasteiger partial charge in [0.25, 0.3) is 0 Å². The quantitative estimate of drug-likeness (QED) is 0.842. The van der Waals surface area contributed by atoms with Crippen LogP contribution in [0.5, 0.6) is 0 Å². The van der Waals surface area contributed by atoms with Crippen LogP contribution in [-0.2, 0) is 14.3 Å². The van der Waals surface area contributed by atoms with E-state index >= 15 is 0 Å². The molecule has 0 aliphatic carbocycles. The molecular formula is C16H16N2O3. The smallest absolute Gasteiger partial charge is 0.338 e. The molecular weight excluding hydrogens is 268 g/mol. The molecule has 21 heavy (non-hydrogen) atoms. The number of methoxy groups -OCH3 is 1. The van der Waals surface area contributed by atoms with E-state index in [2.05, 4.69) is 0 Å². The summed E-state index contributed by atoms with van der Waals surface area (Å²) in [7, 11) is 1.30. The van der Waals surface area contributed by atoms with Crippen molar-refractivity contribution in [3.8, 4) is 6.07 Å². The maximum Gasteiger partial charge on any atom is 0.338 e. The van der Waals surface area contributed by atoms with E-state index in [0.717, 1.165) is 11.1 Å². The number of nitriles is 1. The number of nitrogens with two attached hydrogens (primary N) is 1. The highest BCUT2D eigenvalue weighted by atomic mass is 16.5. The highest BCUT2D eigenvalue weighted by molar-refractivity contribution is 5.92. The van der Waals surface area contributed by atoms with E-state index in [1.54, 1.807) is 6.92 Å². The fourth-order valence-corrected chi connectivity index (χ4v) is 2.48. The average Bonchev–Trinajstić information content (AvgIpc) is 2.46. The van der Waals surface area contributed by atoms with Gasteiger partial charge in [-0.3, -0.25) is 0 Å². The fraction of sp³-hybridized carbons (Fsp3) is 0.250. The Kier molecular flexibility index (Phi) is 3.99. The van der Waals surface area contributed by atoms with Gasteiger partial charge in [0.1, 0.15) is 17.4 Å². The van der Waals surface area contributed by atoms with Gasteiger partial charge in [0, 0.05) is 0 Å². The van der Waals surface area contributed by atoms with Gasteiger partial charge in [0.05, 0.1) is 18.6 Å².